The third-order valence-electron chi connectivity index (χ3n) is 2.22. The summed E-state index contributed by atoms with van der Waals surface area (Å²) in [5.41, 5.74) is 0.474. The van der Waals surface area contributed by atoms with Gasteiger partial charge in [0.25, 0.3) is 0 Å². The first-order chi connectivity index (χ1) is 6.84. The molecule has 1 N–H and O–H groups in total. The quantitative estimate of drug-likeness (QED) is 0.806. The Morgan fingerprint density at radius 1 is 1.07 bits per heavy atom. The van der Waals surface area contributed by atoms with Crippen molar-refractivity contribution in [2.24, 2.45) is 0 Å². The lowest BCUT2D eigenvalue weighted by Gasteiger charge is -2.19. The maximum atomic E-state index is 12.3. The van der Waals surface area contributed by atoms with E-state index in [0.29, 0.717) is 5.56 Å². The molecule has 4 heteroatoms. The Morgan fingerprint density at radius 3 is 1.93 bits per heavy atom. The van der Waals surface area contributed by atoms with Crippen LogP contribution in [0.1, 0.15) is 37.0 Å². The molecule has 0 bridgehead atoms. The van der Waals surface area contributed by atoms with Crippen LogP contribution in [0.3, 0.4) is 0 Å². The lowest BCUT2D eigenvalue weighted by Crippen LogP contribution is -2.21. The zero-order valence-electron chi connectivity index (χ0n) is 8.55. The van der Waals surface area contributed by atoms with E-state index in [1.54, 1.807) is 26.0 Å². The first-order valence-corrected chi connectivity index (χ1v) is 4.67. The molecule has 0 unspecified atom stereocenters. The molecule has 1 aromatic carbocycles. The summed E-state index contributed by atoms with van der Waals surface area (Å²) in [7, 11) is 0. The average Bonchev–Trinajstić information content (AvgIpc) is 2.15. The first-order valence-electron chi connectivity index (χ1n) is 4.67. The molecule has 15 heavy (non-hydrogen) atoms. The highest BCUT2D eigenvalue weighted by Crippen LogP contribution is 2.35. The van der Waals surface area contributed by atoms with Gasteiger partial charge in [-0.25, -0.2) is 0 Å². The fourth-order valence-corrected chi connectivity index (χ4v) is 1.46. The Labute approximate surface area is 86.5 Å². The molecule has 84 valence electrons. The van der Waals surface area contributed by atoms with Gasteiger partial charge in [0, 0.05) is 0 Å². The molecule has 0 radical (unpaired) electrons. The predicted molar refractivity (Wildman–Crippen MR) is 51.5 cm³/mol. The van der Waals surface area contributed by atoms with Crippen molar-refractivity contribution in [1.29, 1.82) is 0 Å². The largest absolute Gasteiger partial charge is 0.418 e. The minimum Gasteiger partial charge on any atom is -0.379 e. The summed E-state index contributed by atoms with van der Waals surface area (Å²) in [6.07, 6.45) is -7.00. The summed E-state index contributed by atoms with van der Waals surface area (Å²) in [6, 6.07) is 6.08. The average molecular weight is 218 g/mol. The maximum absolute atomic E-state index is 12.3. The number of halogens is 3. The van der Waals surface area contributed by atoms with E-state index >= 15 is 0 Å². The Kier molecular flexibility index (Phi) is 3.39. The second-order valence-electron chi connectivity index (χ2n) is 3.73. The van der Waals surface area contributed by atoms with Crippen molar-refractivity contribution >= 4 is 0 Å². The summed E-state index contributed by atoms with van der Waals surface area (Å²) >= 11 is 0. The van der Waals surface area contributed by atoms with Gasteiger partial charge in [-0.15, -0.1) is 0 Å². The second-order valence-corrected chi connectivity index (χ2v) is 3.73. The topological polar surface area (TPSA) is 20.2 Å². The van der Waals surface area contributed by atoms with Crippen LogP contribution in [0.4, 0.5) is 13.2 Å². The minimum atomic E-state index is -4.61. The molecule has 0 aromatic heterocycles. The second kappa shape index (κ2) is 4.23. The molecule has 0 aliphatic carbocycles. The molecule has 0 spiro atoms. The highest BCUT2D eigenvalue weighted by molar-refractivity contribution is 5.32. The van der Waals surface area contributed by atoms with Gasteiger partial charge < -0.3 is 5.11 Å². The van der Waals surface area contributed by atoms with E-state index in [1.165, 1.54) is 12.1 Å². The van der Waals surface area contributed by atoms with Crippen molar-refractivity contribution in [1.82, 2.24) is 0 Å². The minimum absolute atomic E-state index is 0.0433. The van der Waals surface area contributed by atoms with Gasteiger partial charge in [-0.1, -0.05) is 38.1 Å². The summed E-state index contributed by atoms with van der Waals surface area (Å²) in [5.74, 6) is -0.0433. The van der Waals surface area contributed by atoms with Crippen molar-refractivity contribution in [3.8, 4) is 0 Å². The predicted octanol–water partition coefficient (Wildman–Crippen LogP) is 3.41. The third kappa shape index (κ3) is 2.72. The molecule has 0 aliphatic rings. The fourth-order valence-electron chi connectivity index (χ4n) is 1.46. The van der Waals surface area contributed by atoms with Gasteiger partial charge in [0.2, 0.25) is 0 Å². The van der Waals surface area contributed by atoms with Crippen molar-refractivity contribution in [3.05, 3.63) is 35.4 Å². The molecule has 1 atom stereocenters. The van der Waals surface area contributed by atoms with Crippen LogP contribution in [0.5, 0.6) is 0 Å². The van der Waals surface area contributed by atoms with E-state index in [0.717, 1.165) is 0 Å². The van der Waals surface area contributed by atoms with Gasteiger partial charge in [0.1, 0.15) is 0 Å². The molecule has 0 saturated carbocycles. The SMILES string of the molecule is CC(C)c1ccccc1[C@@H](O)C(F)(F)F. The van der Waals surface area contributed by atoms with Crippen LogP contribution in [0.2, 0.25) is 0 Å². The molecule has 0 saturated heterocycles. The van der Waals surface area contributed by atoms with Crippen LogP contribution in [0, 0.1) is 0 Å². The summed E-state index contributed by atoms with van der Waals surface area (Å²) in [4.78, 5) is 0. The Morgan fingerprint density at radius 2 is 1.53 bits per heavy atom. The zero-order valence-corrected chi connectivity index (χ0v) is 8.55. The van der Waals surface area contributed by atoms with Crippen molar-refractivity contribution in [3.63, 3.8) is 0 Å². The van der Waals surface area contributed by atoms with Crippen molar-refractivity contribution in [2.75, 3.05) is 0 Å². The normalized spacial score (nSPS) is 14.3. The van der Waals surface area contributed by atoms with E-state index in [2.05, 4.69) is 0 Å². The molecule has 1 aromatic rings. The number of aliphatic hydroxyl groups excluding tert-OH is 1. The molecular weight excluding hydrogens is 205 g/mol. The molecule has 0 fully saturated rings. The van der Waals surface area contributed by atoms with Crippen LogP contribution in [0.15, 0.2) is 24.3 Å². The first kappa shape index (κ1) is 12.0. The third-order valence-corrected chi connectivity index (χ3v) is 2.22. The Hall–Kier alpha value is -1.03. The number of hydrogen-bond donors (Lipinski definition) is 1. The fraction of sp³-hybridized carbons (Fsp3) is 0.455. The van der Waals surface area contributed by atoms with Gasteiger partial charge in [0.05, 0.1) is 0 Å². The number of alkyl halides is 3. The lowest BCUT2D eigenvalue weighted by molar-refractivity contribution is -0.207. The van der Waals surface area contributed by atoms with E-state index < -0.39 is 12.3 Å². The number of rotatable bonds is 2. The molecule has 0 heterocycles. The monoisotopic (exact) mass is 218 g/mol. The van der Waals surface area contributed by atoms with Gasteiger partial charge in [0.15, 0.2) is 6.10 Å². The van der Waals surface area contributed by atoms with Gasteiger partial charge >= 0.3 is 6.18 Å². The molecule has 1 rings (SSSR count). The highest BCUT2D eigenvalue weighted by atomic mass is 19.4. The van der Waals surface area contributed by atoms with Crippen molar-refractivity contribution in [2.45, 2.75) is 32.0 Å². The summed E-state index contributed by atoms with van der Waals surface area (Å²) in [5, 5.41) is 9.16. The van der Waals surface area contributed by atoms with E-state index in [9.17, 15) is 13.2 Å². The van der Waals surface area contributed by atoms with Crippen LogP contribution < -0.4 is 0 Å². The molecular formula is C11H13F3O. The maximum Gasteiger partial charge on any atom is 0.418 e. The summed E-state index contributed by atoms with van der Waals surface area (Å²) in [6.45, 7) is 3.59. The van der Waals surface area contributed by atoms with Gasteiger partial charge in [-0.3, -0.25) is 0 Å². The smallest absolute Gasteiger partial charge is 0.379 e. The molecule has 0 amide bonds. The Balaban J connectivity index is 3.14. The number of benzene rings is 1. The Bertz CT molecular complexity index is 331. The van der Waals surface area contributed by atoms with Crippen LogP contribution >= 0.6 is 0 Å². The van der Waals surface area contributed by atoms with Crippen molar-refractivity contribution < 1.29 is 18.3 Å². The van der Waals surface area contributed by atoms with Crippen LogP contribution in [0.25, 0.3) is 0 Å². The molecule has 0 aliphatic heterocycles. The molecule has 1 nitrogen and oxygen atoms in total. The summed E-state index contributed by atoms with van der Waals surface area (Å²) < 4.78 is 37.0. The van der Waals surface area contributed by atoms with E-state index in [4.69, 9.17) is 5.11 Å². The van der Waals surface area contributed by atoms with Gasteiger partial charge in [-0.05, 0) is 17.0 Å². The zero-order chi connectivity index (χ0) is 11.6. The number of aliphatic hydroxyl groups is 1. The van der Waals surface area contributed by atoms with Crippen LogP contribution in [-0.4, -0.2) is 11.3 Å². The van der Waals surface area contributed by atoms with Gasteiger partial charge in [-0.2, -0.15) is 13.2 Å². The standard InChI is InChI=1S/C11H13F3O/c1-7(2)8-5-3-4-6-9(8)10(15)11(12,13)14/h3-7,10,15H,1-2H3/t10-/m1/s1. The van der Waals surface area contributed by atoms with Crippen LogP contribution in [-0.2, 0) is 0 Å². The van der Waals surface area contributed by atoms with E-state index in [-0.39, 0.29) is 11.5 Å². The lowest BCUT2D eigenvalue weighted by atomic mass is 9.94. The number of hydrogen-bond acceptors (Lipinski definition) is 1. The highest BCUT2D eigenvalue weighted by Gasteiger charge is 2.40. The van der Waals surface area contributed by atoms with E-state index in [1.807, 2.05) is 0 Å².